The van der Waals surface area contributed by atoms with Crippen LogP contribution in [0.3, 0.4) is 0 Å². The second-order valence-corrected chi connectivity index (χ2v) is 5.00. The fraction of sp³-hybridized carbons (Fsp3) is 0.188. The number of amides is 2. The minimum absolute atomic E-state index is 0.183. The molecule has 1 aliphatic heterocycles. The number of hydrogen-bond acceptors (Lipinski definition) is 3. The molecule has 0 bridgehead atoms. The number of anilines is 1. The summed E-state index contributed by atoms with van der Waals surface area (Å²) in [5, 5.41) is 2.86. The Morgan fingerprint density at radius 2 is 2.10 bits per heavy atom. The lowest BCUT2D eigenvalue weighted by atomic mass is 10.1. The Bertz CT molecular complexity index is 685. The van der Waals surface area contributed by atoms with E-state index in [-0.39, 0.29) is 11.8 Å². The molecule has 1 atom stereocenters. The van der Waals surface area contributed by atoms with Gasteiger partial charge in [-0.05, 0) is 30.7 Å². The Morgan fingerprint density at radius 1 is 1.29 bits per heavy atom. The maximum atomic E-state index is 12.6. The largest absolute Gasteiger partial charge is 0.324 e. The zero-order chi connectivity index (χ0) is 14.8. The molecule has 1 aromatic heterocycles. The average Bonchev–Trinajstić information content (AvgIpc) is 2.65. The fourth-order valence-corrected chi connectivity index (χ4v) is 2.38. The van der Waals surface area contributed by atoms with Gasteiger partial charge in [0.25, 0.3) is 5.91 Å². The van der Waals surface area contributed by atoms with Gasteiger partial charge < -0.3 is 10.2 Å². The quantitative estimate of drug-likeness (QED) is 0.870. The van der Waals surface area contributed by atoms with Crippen molar-refractivity contribution in [1.82, 2.24) is 9.88 Å². The molecule has 5 nitrogen and oxygen atoms in total. The Labute approximate surface area is 122 Å². The molecule has 2 heterocycles. The molecule has 0 spiro atoms. The van der Waals surface area contributed by atoms with E-state index in [0.29, 0.717) is 12.1 Å². The van der Waals surface area contributed by atoms with Crippen LogP contribution in [0.25, 0.3) is 0 Å². The van der Waals surface area contributed by atoms with Gasteiger partial charge in [-0.3, -0.25) is 14.6 Å². The van der Waals surface area contributed by atoms with Crippen molar-refractivity contribution in [2.75, 3.05) is 5.32 Å². The van der Waals surface area contributed by atoms with Gasteiger partial charge in [-0.15, -0.1) is 0 Å². The van der Waals surface area contributed by atoms with Crippen LogP contribution in [0.2, 0.25) is 0 Å². The zero-order valence-corrected chi connectivity index (χ0v) is 11.6. The number of para-hydroxylation sites is 1. The Balaban J connectivity index is 1.98. The molecule has 0 saturated heterocycles. The summed E-state index contributed by atoms with van der Waals surface area (Å²) in [5.74, 6) is -0.375. The lowest BCUT2D eigenvalue weighted by molar-refractivity contribution is -0.119. The molecule has 1 unspecified atom stereocenters. The number of carbonyl (C=O) groups excluding carboxylic acids is 2. The van der Waals surface area contributed by atoms with Crippen LogP contribution in [0.4, 0.5) is 5.69 Å². The second-order valence-electron chi connectivity index (χ2n) is 5.00. The normalized spacial score (nSPS) is 17.7. The van der Waals surface area contributed by atoms with Gasteiger partial charge in [-0.1, -0.05) is 18.2 Å². The molecule has 0 fully saturated rings. The first-order valence-corrected chi connectivity index (χ1v) is 6.76. The van der Waals surface area contributed by atoms with Gasteiger partial charge in [0.1, 0.15) is 6.04 Å². The third kappa shape index (κ3) is 2.50. The SMILES string of the molecule is CC1C(=O)Nc2ccccc2CN1C(=O)c1cccnc1. The minimum Gasteiger partial charge on any atom is -0.324 e. The van der Waals surface area contributed by atoms with Gasteiger partial charge in [0.15, 0.2) is 0 Å². The lowest BCUT2D eigenvalue weighted by Gasteiger charge is -2.25. The molecule has 5 heteroatoms. The monoisotopic (exact) mass is 281 g/mol. The van der Waals surface area contributed by atoms with Gasteiger partial charge in [0, 0.05) is 24.6 Å². The standard InChI is InChI=1S/C16H15N3O2/c1-11-15(20)18-14-7-3-2-5-13(14)10-19(11)16(21)12-6-4-8-17-9-12/h2-9,11H,10H2,1H3,(H,18,20). The van der Waals surface area contributed by atoms with Crippen LogP contribution >= 0.6 is 0 Å². The van der Waals surface area contributed by atoms with Crippen molar-refractivity contribution in [3.63, 3.8) is 0 Å². The topological polar surface area (TPSA) is 62.3 Å². The summed E-state index contributed by atoms with van der Waals surface area (Å²) < 4.78 is 0. The summed E-state index contributed by atoms with van der Waals surface area (Å²) in [5.41, 5.74) is 2.17. The van der Waals surface area contributed by atoms with E-state index in [1.807, 2.05) is 24.3 Å². The number of fused-ring (bicyclic) bond motifs is 1. The predicted octanol–water partition coefficient (Wildman–Crippen LogP) is 2.06. The minimum atomic E-state index is -0.537. The molecule has 1 N–H and O–H groups in total. The summed E-state index contributed by atoms with van der Waals surface area (Å²) in [6.07, 6.45) is 3.13. The smallest absolute Gasteiger partial charge is 0.256 e. The first-order valence-electron chi connectivity index (χ1n) is 6.76. The van der Waals surface area contributed by atoms with Crippen molar-refractivity contribution in [3.8, 4) is 0 Å². The van der Waals surface area contributed by atoms with Crippen LogP contribution < -0.4 is 5.32 Å². The first-order chi connectivity index (χ1) is 10.2. The van der Waals surface area contributed by atoms with Crippen molar-refractivity contribution >= 4 is 17.5 Å². The molecule has 2 aromatic rings. The predicted molar refractivity (Wildman–Crippen MR) is 78.6 cm³/mol. The van der Waals surface area contributed by atoms with E-state index in [0.717, 1.165) is 11.3 Å². The van der Waals surface area contributed by atoms with E-state index in [9.17, 15) is 9.59 Å². The van der Waals surface area contributed by atoms with Crippen molar-refractivity contribution in [1.29, 1.82) is 0 Å². The maximum absolute atomic E-state index is 12.6. The Kier molecular flexibility index (Phi) is 3.39. The van der Waals surface area contributed by atoms with E-state index in [1.165, 1.54) is 6.20 Å². The molecule has 21 heavy (non-hydrogen) atoms. The van der Waals surface area contributed by atoms with Crippen molar-refractivity contribution < 1.29 is 9.59 Å². The number of benzene rings is 1. The van der Waals surface area contributed by atoms with Crippen LogP contribution in [0, 0.1) is 0 Å². The van der Waals surface area contributed by atoms with E-state index >= 15 is 0 Å². The highest BCUT2D eigenvalue weighted by atomic mass is 16.2. The van der Waals surface area contributed by atoms with Crippen LogP contribution in [0.15, 0.2) is 48.8 Å². The molecule has 2 amide bonds. The van der Waals surface area contributed by atoms with E-state index in [1.54, 1.807) is 30.2 Å². The number of nitrogens with one attached hydrogen (secondary N) is 1. The van der Waals surface area contributed by atoms with Crippen LogP contribution in [0.5, 0.6) is 0 Å². The van der Waals surface area contributed by atoms with Crippen molar-refractivity contribution in [2.45, 2.75) is 19.5 Å². The fourth-order valence-electron chi connectivity index (χ4n) is 2.38. The summed E-state index contributed by atoms with van der Waals surface area (Å²) in [6, 6.07) is 10.4. The van der Waals surface area contributed by atoms with Gasteiger partial charge in [-0.25, -0.2) is 0 Å². The number of pyridine rings is 1. The number of aromatic nitrogens is 1. The zero-order valence-electron chi connectivity index (χ0n) is 11.6. The molecule has 0 radical (unpaired) electrons. The molecule has 3 rings (SSSR count). The van der Waals surface area contributed by atoms with E-state index in [2.05, 4.69) is 10.3 Å². The Hall–Kier alpha value is -2.69. The van der Waals surface area contributed by atoms with Crippen LogP contribution in [0.1, 0.15) is 22.8 Å². The summed E-state index contributed by atoms with van der Waals surface area (Å²) >= 11 is 0. The molecule has 0 aliphatic carbocycles. The highest BCUT2D eigenvalue weighted by molar-refractivity contribution is 6.02. The average molecular weight is 281 g/mol. The highest BCUT2D eigenvalue weighted by Crippen LogP contribution is 2.24. The number of nitrogens with zero attached hydrogens (tertiary/aromatic N) is 2. The molecule has 106 valence electrons. The summed E-state index contributed by atoms with van der Waals surface area (Å²) in [6.45, 7) is 2.12. The summed E-state index contributed by atoms with van der Waals surface area (Å²) in [7, 11) is 0. The molecule has 0 saturated carbocycles. The number of hydrogen-bond donors (Lipinski definition) is 1. The van der Waals surface area contributed by atoms with Crippen molar-refractivity contribution in [2.24, 2.45) is 0 Å². The Morgan fingerprint density at radius 3 is 2.86 bits per heavy atom. The van der Waals surface area contributed by atoms with Gasteiger partial charge in [-0.2, -0.15) is 0 Å². The van der Waals surface area contributed by atoms with Gasteiger partial charge >= 0.3 is 0 Å². The lowest BCUT2D eigenvalue weighted by Crippen LogP contribution is -2.43. The van der Waals surface area contributed by atoms with Gasteiger partial charge in [0.2, 0.25) is 5.91 Å². The summed E-state index contributed by atoms with van der Waals surface area (Å²) in [4.78, 5) is 30.4. The molecule has 1 aromatic carbocycles. The second kappa shape index (κ2) is 5.36. The number of carbonyl (C=O) groups is 2. The van der Waals surface area contributed by atoms with E-state index < -0.39 is 6.04 Å². The maximum Gasteiger partial charge on any atom is 0.256 e. The van der Waals surface area contributed by atoms with Crippen LogP contribution in [-0.4, -0.2) is 27.7 Å². The molecule has 1 aliphatic rings. The van der Waals surface area contributed by atoms with Crippen molar-refractivity contribution in [3.05, 3.63) is 59.9 Å². The highest BCUT2D eigenvalue weighted by Gasteiger charge is 2.30. The molecular weight excluding hydrogens is 266 g/mol. The number of rotatable bonds is 1. The van der Waals surface area contributed by atoms with Gasteiger partial charge in [0.05, 0.1) is 5.56 Å². The van der Waals surface area contributed by atoms with Crippen LogP contribution in [-0.2, 0) is 11.3 Å². The third-order valence-corrected chi connectivity index (χ3v) is 3.63. The molecular formula is C16H15N3O2. The third-order valence-electron chi connectivity index (χ3n) is 3.63. The van der Waals surface area contributed by atoms with E-state index in [4.69, 9.17) is 0 Å². The first kappa shape index (κ1) is 13.3.